The Balaban J connectivity index is 1.37. The number of piperidine rings is 1. The van der Waals surface area contributed by atoms with Crippen molar-refractivity contribution in [3.8, 4) is 17.2 Å². The van der Waals surface area contributed by atoms with Crippen molar-refractivity contribution in [3.05, 3.63) is 71.0 Å². The molecule has 1 fully saturated rings. The van der Waals surface area contributed by atoms with E-state index in [-0.39, 0.29) is 37.0 Å². The van der Waals surface area contributed by atoms with Crippen LogP contribution in [0.3, 0.4) is 0 Å². The quantitative estimate of drug-likeness (QED) is 0.492. The SMILES string of the molecule is COc1cc2ccc1OCC(=O)N[C@@H]1CN(C(=O)c3cc(C)n(C)n3)CC[C@H]1Oc1ccc(cc1)CNC(=O)CC2. The highest BCUT2D eigenvalue weighted by Gasteiger charge is 2.35. The van der Waals surface area contributed by atoms with E-state index in [0.717, 1.165) is 16.8 Å². The molecule has 41 heavy (non-hydrogen) atoms. The van der Waals surface area contributed by atoms with E-state index >= 15 is 0 Å². The van der Waals surface area contributed by atoms with Gasteiger partial charge in [0.1, 0.15) is 11.9 Å². The first-order valence-electron chi connectivity index (χ1n) is 13.7. The molecular formula is C30H35N5O6. The molecule has 5 aliphatic heterocycles. The van der Waals surface area contributed by atoms with E-state index in [2.05, 4.69) is 15.7 Å². The van der Waals surface area contributed by atoms with Crippen LogP contribution >= 0.6 is 0 Å². The number of likely N-dealkylation sites (tertiary alicyclic amines) is 1. The fraction of sp³-hybridized carbons (Fsp3) is 0.400. The van der Waals surface area contributed by atoms with Gasteiger partial charge < -0.3 is 29.7 Å². The summed E-state index contributed by atoms with van der Waals surface area (Å²) in [4.78, 5) is 40.5. The van der Waals surface area contributed by atoms with Crippen molar-refractivity contribution in [3.63, 3.8) is 0 Å². The number of ether oxygens (including phenoxy) is 3. The van der Waals surface area contributed by atoms with Crippen LogP contribution in [0.5, 0.6) is 17.2 Å². The largest absolute Gasteiger partial charge is 0.493 e. The lowest BCUT2D eigenvalue weighted by atomic mass is 10.0. The molecule has 0 saturated carbocycles. The van der Waals surface area contributed by atoms with Crippen molar-refractivity contribution in [1.82, 2.24) is 25.3 Å². The van der Waals surface area contributed by atoms with Crippen molar-refractivity contribution < 1.29 is 28.6 Å². The lowest BCUT2D eigenvalue weighted by Gasteiger charge is -2.38. The molecule has 2 N–H and O–H groups in total. The summed E-state index contributed by atoms with van der Waals surface area (Å²) in [6, 6.07) is 14.2. The van der Waals surface area contributed by atoms with Crippen LogP contribution in [-0.4, -0.2) is 71.4 Å². The van der Waals surface area contributed by atoms with Gasteiger partial charge in [-0.1, -0.05) is 18.2 Å². The number of aromatic nitrogens is 2. The number of nitrogens with zero attached hydrogens (tertiary/aromatic N) is 3. The Kier molecular flexibility index (Phi) is 8.42. The van der Waals surface area contributed by atoms with Crippen molar-refractivity contribution in [1.29, 1.82) is 0 Å². The number of benzene rings is 2. The minimum absolute atomic E-state index is 0.0549. The molecule has 8 rings (SSSR count). The Bertz CT molecular complexity index is 1400. The molecule has 1 aromatic heterocycles. The van der Waals surface area contributed by atoms with Gasteiger partial charge in [-0.25, -0.2) is 0 Å². The zero-order valence-corrected chi connectivity index (χ0v) is 23.5. The molecule has 11 heteroatoms. The standard InChI is InChI=1S/C30H35N5O6/c1-19-14-23(33-34(19)2)30(38)35-13-12-25-24(17-35)32-29(37)18-40-26-10-6-20(15-27(26)39-3)7-11-28(36)31-16-21-4-8-22(41-25)9-5-21/h4-6,8-10,14-15,24-25H,7,11-13,16-18H2,1-3H3,(H,31,36)(H,32,37)/t24-,25-/m1/s1. The maximum Gasteiger partial charge on any atom is 0.274 e. The number of aryl methyl sites for hydroxylation is 3. The van der Waals surface area contributed by atoms with Crippen molar-refractivity contribution in [2.45, 2.75) is 44.9 Å². The van der Waals surface area contributed by atoms with Gasteiger partial charge in [0, 0.05) is 45.2 Å². The Hall–Kier alpha value is -4.54. The van der Waals surface area contributed by atoms with Crippen LogP contribution in [0, 0.1) is 6.92 Å². The van der Waals surface area contributed by atoms with Crippen LogP contribution in [0.25, 0.3) is 0 Å². The second-order valence-corrected chi connectivity index (χ2v) is 10.4. The van der Waals surface area contributed by atoms with Crippen LogP contribution in [0.15, 0.2) is 48.5 Å². The van der Waals surface area contributed by atoms with Gasteiger partial charge in [0.25, 0.3) is 11.8 Å². The molecule has 3 aromatic rings. The minimum Gasteiger partial charge on any atom is -0.493 e. The lowest BCUT2D eigenvalue weighted by Crippen LogP contribution is -2.58. The molecule has 2 aromatic carbocycles. The van der Waals surface area contributed by atoms with Gasteiger partial charge in [-0.2, -0.15) is 5.10 Å². The van der Waals surface area contributed by atoms with Gasteiger partial charge >= 0.3 is 0 Å². The summed E-state index contributed by atoms with van der Waals surface area (Å²) < 4.78 is 19.3. The van der Waals surface area contributed by atoms with E-state index in [1.807, 2.05) is 43.3 Å². The molecule has 0 radical (unpaired) electrons. The first kappa shape index (κ1) is 28.0. The van der Waals surface area contributed by atoms with Crippen LogP contribution < -0.4 is 24.8 Å². The van der Waals surface area contributed by atoms with E-state index in [1.165, 1.54) is 7.11 Å². The smallest absolute Gasteiger partial charge is 0.274 e. The molecule has 216 valence electrons. The molecule has 5 aliphatic rings. The predicted octanol–water partition coefficient (Wildman–Crippen LogP) is 2.16. The Morgan fingerprint density at radius 2 is 1.83 bits per heavy atom. The molecule has 0 spiro atoms. The zero-order valence-electron chi connectivity index (χ0n) is 23.5. The second-order valence-electron chi connectivity index (χ2n) is 10.4. The number of carbonyl (C=O) groups excluding carboxylic acids is 3. The molecule has 2 atom stereocenters. The molecule has 11 nitrogen and oxygen atoms in total. The number of amides is 3. The van der Waals surface area contributed by atoms with Gasteiger partial charge in [0.05, 0.1) is 13.2 Å². The van der Waals surface area contributed by atoms with Gasteiger partial charge in [-0.3, -0.25) is 19.1 Å². The number of carbonyl (C=O) groups is 3. The number of rotatable bonds is 2. The summed E-state index contributed by atoms with van der Waals surface area (Å²) in [6.07, 6.45) is 0.997. The van der Waals surface area contributed by atoms with Gasteiger partial charge in [-0.15, -0.1) is 0 Å². The molecule has 1 saturated heterocycles. The van der Waals surface area contributed by atoms with E-state index in [0.29, 0.717) is 55.3 Å². The second kappa shape index (κ2) is 12.3. The molecule has 3 amide bonds. The summed E-state index contributed by atoms with van der Waals surface area (Å²) in [5.74, 6) is 0.939. The highest BCUT2D eigenvalue weighted by Crippen LogP contribution is 2.29. The van der Waals surface area contributed by atoms with Gasteiger partial charge in [0.2, 0.25) is 5.91 Å². The summed E-state index contributed by atoms with van der Waals surface area (Å²) in [6.45, 7) is 2.76. The topological polar surface area (TPSA) is 124 Å². The van der Waals surface area contributed by atoms with Crippen molar-refractivity contribution in [2.75, 3.05) is 26.8 Å². The Morgan fingerprint density at radius 1 is 1.05 bits per heavy atom. The Labute approximate surface area is 238 Å². The maximum absolute atomic E-state index is 13.3. The third kappa shape index (κ3) is 6.79. The van der Waals surface area contributed by atoms with Gasteiger partial charge in [0.15, 0.2) is 23.8 Å². The molecule has 4 bridgehead atoms. The van der Waals surface area contributed by atoms with Gasteiger partial charge in [-0.05, 0) is 54.8 Å². The third-order valence-corrected chi connectivity index (χ3v) is 7.44. The summed E-state index contributed by atoms with van der Waals surface area (Å²) in [7, 11) is 3.32. The average Bonchev–Trinajstić information content (AvgIpc) is 3.32. The zero-order chi connectivity index (χ0) is 28.9. The fourth-order valence-corrected chi connectivity index (χ4v) is 5.01. The number of nitrogens with one attached hydrogen (secondary N) is 2. The number of hydrogen-bond donors (Lipinski definition) is 2. The van der Waals surface area contributed by atoms with Crippen LogP contribution in [0.1, 0.15) is 40.2 Å². The summed E-state index contributed by atoms with van der Waals surface area (Å²) in [5.41, 5.74) is 3.11. The normalized spacial score (nSPS) is 19.8. The average molecular weight is 562 g/mol. The Morgan fingerprint density at radius 3 is 2.56 bits per heavy atom. The summed E-state index contributed by atoms with van der Waals surface area (Å²) >= 11 is 0. The first-order valence-corrected chi connectivity index (χ1v) is 13.7. The predicted molar refractivity (Wildman–Crippen MR) is 150 cm³/mol. The molecule has 0 unspecified atom stereocenters. The molecule has 6 heterocycles. The van der Waals surface area contributed by atoms with E-state index < -0.39 is 6.04 Å². The minimum atomic E-state index is -0.484. The number of hydrogen-bond acceptors (Lipinski definition) is 7. The molecule has 0 aliphatic carbocycles. The van der Waals surface area contributed by atoms with Crippen LogP contribution in [-0.2, 0) is 29.6 Å². The van der Waals surface area contributed by atoms with E-state index in [4.69, 9.17) is 14.2 Å². The van der Waals surface area contributed by atoms with Crippen LogP contribution in [0.2, 0.25) is 0 Å². The highest BCUT2D eigenvalue weighted by molar-refractivity contribution is 5.92. The lowest BCUT2D eigenvalue weighted by molar-refractivity contribution is -0.125. The number of methoxy groups -OCH3 is 1. The fourth-order valence-electron chi connectivity index (χ4n) is 5.01. The third-order valence-electron chi connectivity index (χ3n) is 7.44. The van der Waals surface area contributed by atoms with Crippen LogP contribution in [0.4, 0.5) is 0 Å². The summed E-state index contributed by atoms with van der Waals surface area (Å²) in [5, 5.41) is 10.3. The molecular weight excluding hydrogens is 526 g/mol. The van der Waals surface area contributed by atoms with Crippen molar-refractivity contribution in [2.24, 2.45) is 7.05 Å². The van der Waals surface area contributed by atoms with E-state index in [1.54, 1.807) is 28.8 Å². The highest BCUT2D eigenvalue weighted by atomic mass is 16.5. The monoisotopic (exact) mass is 561 g/mol. The maximum atomic E-state index is 13.3. The van der Waals surface area contributed by atoms with Crippen molar-refractivity contribution >= 4 is 17.7 Å². The van der Waals surface area contributed by atoms with E-state index in [9.17, 15) is 14.4 Å². The first-order chi connectivity index (χ1) is 19.8.